The zero-order valence-electron chi connectivity index (χ0n) is 12.9. The van der Waals surface area contributed by atoms with Crippen LogP contribution in [0.15, 0.2) is 17.5 Å². The molecule has 1 aromatic heterocycles. The van der Waals surface area contributed by atoms with E-state index in [0.717, 1.165) is 45.6 Å². The summed E-state index contributed by atoms with van der Waals surface area (Å²) in [7, 11) is 0. The van der Waals surface area contributed by atoms with Crippen molar-refractivity contribution in [2.24, 2.45) is 11.7 Å². The molecule has 122 valence electrons. The van der Waals surface area contributed by atoms with Gasteiger partial charge >= 0.3 is 0 Å². The number of ether oxygens (including phenoxy) is 1. The van der Waals surface area contributed by atoms with Crippen molar-refractivity contribution in [2.75, 3.05) is 32.8 Å². The monoisotopic (exact) mass is 323 g/mol. The van der Waals surface area contributed by atoms with Crippen molar-refractivity contribution in [3.05, 3.63) is 22.4 Å². The molecular weight excluding hydrogens is 298 g/mol. The first kappa shape index (κ1) is 15.9. The zero-order valence-corrected chi connectivity index (χ0v) is 13.7. The van der Waals surface area contributed by atoms with E-state index in [1.54, 1.807) is 11.3 Å². The van der Waals surface area contributed by atoms with E-state index in [1.165, 1.54) is 4.88 Å². The van der Waals surface area contributed by atoms with Crippen LogP contribution < -0.4 is 11.1 Å². The van der Waals surface area contributed by atoms with E-state index < -0.39 is 0 Å². The number of carbonyl (C=O) groups is 1. The van der Waals surface area contributed by atoms with Gasteiger partial charge in [-0.2, -0.15) is 0 Å². The summed E-state index contributed by atoms with van der Waals surface area (Å²) in [5.74, 6) is 0.270. The van der Waals surface area contributed by atoms with Gasteiger partial charge in [-0.1, -0.05) is 6.07 Å². The molecule has 1 saturated heterocycles. The predicted molar refractivity (Wildman–Crippen MR) is 87.8 cm³/mol. The van der Waals surface area contributed by atoms with Gasteiger partial charge in [0.15, 0.2) is 0 Å². The number of hydrogen-bond donors (Lipinski definition) is 2. The van der Waals surface area contributed by atoms with Crippen molar-refractivity contribution in [3.8, 4) is 0 Å². The SMILES string of the molecule is NC1CCC(C(=O)NCC(c2cccs2)N2CCOCC2)C1. The van der Waals surface area contributed by atoms with Crippen LogP contribution >= 0.6 is 11.3 Å². The minimum absolute atomic E-state index is 0.101. The molecule has 3 rings (SSSR count). The third-order valence-electron chi connectivity index (χ3n) is 4.67. The van der Waals surface area contributed by atoms with E-state index in [1.807, 2.05) is 0 Å². The van der Waals surface area contributed by atoms with Gasteiger partial charge in [-0.05, 0) is 30.7 Å². The molecule has 5 nitrogen and oxygen atoms in total. The van der Waals surface area contributed by atoms with Gasteiger partial charge in [0.1, 0.15) is 0 Å². The molecule has 6 heteroatoms. The normalized spacial score (nSPS) is 27.7. The lowest BCUT2D eigenvalue weighted by Gasteiger charge is -2.34. The molecule has 3 unspecified atom stereocenters. The Morgan fingerprint density at radius 3 is 2.91 bits per heavy atom. The van der Waals surface area contributed by atoms with Crippen LogP contribution in [0.2, 0.25) is 0 Å². The average Bonchev–Trinajstić information content (AvgIpc) is 3.20. The molecule has 22 heavy (non-hydrogen) atoms. The van der Waals surface area contributed by atoms with Gasteiger partial charge in [0, 0.05) is 36.5 Å². The van der Waals surface area contributed by atoms with E-state index in [9.17, 15) is 4.79 Å². The standard InChI is InChI=1S/C16H25N3O2S/c17-13-4-3-12(10-13)16(20)18-11-14(15-2-1-9-22-15)19-5-7-21-8-6-19/h1-2,9,12-14H,3-8,10-11,17H2,(H,18,20). The predicted octanol–water partition coefficient (Wildman–Crippen LogP) is 1.36. The van der Waals surface area contributed by atoms with E-state index in [2.05, 4.69) is 27.7 Å². The molecule has 3 atom stereocenters. The van der Waals surface area contributed by atoms with Crippen molar-refractivity contribution in [1.82, 2.24) is 10.2 Å². The second-order valence-electron chi connectivity index (χ2n) is 6.19. The van der Waals surface area contributed by atoms with Crippen molar-refractivity contribution in [1.29, 1.82) is 0 Å². The molecule has 1 saturated carbocycles. The molecule has 0 spiro atoms. The highest BCUT2D eigenvalue weighted by atomic mass is 32.1. The van der Waals surface area contributed by atoms with Crippen LogP contribution in [-0.2, 0) is 9.53 Å². The van der Waals surface area contributed by atoms with Crippen LogP contribution in [0.25, 0.3) is 0 Å². The zero-order chi connectivity index (χ0) is 15.4. The van der Waals surface area contributed by atoms with Gasteiger partial charge in [-0.25, -0.2) is 0 Å². The third-order valence-corrected chi connectivity index (χ3v) is 5.65. The number of nitrogens with zero attached hydrogens (tertiary/aromatic N) is 1. The highest BCUT2D eigenvalue weighted by molar-refractivity contribution is 7.10. The molecule has 1 aromatic rings. The summed E-state index contributed by atoms with van der Waals surface area (Å²) in [5.41, 5.74) is 5.91. The molecule has 2 heterocycles. The Hall–Kier alpha value is -0.950. The number of nitrogens with two attached hydrogens (primary N) is 1. The van der Waals surface area contributed by atoms with Gasteiger partial charge in [0.05, 0.1) is 19.3 Å². The Labute approximate surface area is 135 Å². The quantitative estimate of drug-likeness (QED) is 0.859. The number of rotatable bonds is 5. The average molecular weight is 323 g/mol. The van der Waals surface area contributed by atoms with Crippen LogP contribution in [0, 0.1) is 5.92 Å². The van der Waals surface area contributed by atoms with E-state index >= 15 is 0 Å². The summed E-state index contributed by atoms with van der Waals surface area (Å²) in [5, 5.41) is 5.26. The molecule has 1 amide bonds. The van der Waals surface area contributed by atoms with E-state index in [0.29, 0.717) is 6.54 Å². The fourth-order valence-corrected chi connectivity index (χ4v) is 4.24. The van der Waals surface area contributed by atoms with Gasteiger partial charge in [0.2, 0.25) is 5.91 Å². The van der Waals surface area contributed by atoms with Crippen LogP contribution in [0.5, 0.6) is 0 Å². The van der Waals surface area contributed by atoms with E-state index in [4.69, 9.17) is 10.5 Å². The summed E-state index contributed by atoms with van der Waals surface area (Å²) >= 11 is 1.76. The van der Waals surface area contributed by atoms with Crippen LogP contribution in [0.3, 0.4) is 0 Å². The first-order valence-corrected chi connectivity index (χ1v) is 9.00. The Morgan fingerprint density at radius 1 is 1.45 bits per heavy atom. The maximum Gasteiger partial charge on any atom is 0.223 e. The molecule has 2 aliphatic rings. The second kappa shape index (κ2) is 7.55. The van der Waals surface area contributed by atoms with Crippen LogP contribution in [0.1, 0.15) is 30.2 Å². The summed E-state index contributed by atoms with van der Waals surface area (Å²) in [6.07, 6.45) is 2.72. The number of nitrogens with one attached hydrogen (secondary N) is 1. The number of carbonyl (C=O) groups excluding carboxylic acids is 1. The fourth-order valence-electron chi connectivity index (χ4n) is 3.38. The van der Waals surface area contributed by atoms with Crippen LogP contribution in [-0.4, -0.2) is 49.7 Å². The summed E-state index contributed by atoms with van der Waals surface area (Å²) < 4.78 is 5.45. The van der Waals surface area contributed by atoms with Crippen LogP contribution in [0.4, 0.5) is 0 Å². The van der Waals surface area contributed by atoms with Crippen molar-refractivity contribution >= 4 is 17.2 Å². The highest BCUT2D eigenvalue weighted by Gasteiger charge is 2.29. The summed E-state index contributed by atoms with van der Waals surface area (Å²) in [4.78, 5) is 16.1. The van der Waals surface area contributed by atoms with Crippen molar-refractivity contribution < 1.29 is 9.53 Å². The lowest BCUT2D eigenvalue weighted by atomic mass is 10.1. The first-order valence-electron chi connectivity index (χ1n) is 8.12. The molecular formula is C16H25N3O2S. The fraction of sp³-hybridized carbons (Fsp3) is 0.688. The summed E-state index contributed by atoms with van der Waals surface area (Å²) in [6.45, 7) is 4.06. The molecule has 0 aromatic carbocycles. The van der Waals surface area contributed by atoms with Gasteiger partial charge in [-0.3, -0.25) is 9.69 Å². The molecule has 1 aliphatic heterocycles. The maximum atomic E-state index is 12.3. The molecule has 3 N–H and O–H groups in total. The molecule has 0 radical (unpaired) electrons. The minimum atomic E-state index is 0.101. The lowest BCUT2D eigenvalue weighted by molar-refractivity contribution is -0.125. The van der Waals surface area contributed by atoms with Gasteiger partial charge in [-0.15, -0.1) is 11.3 Å². The van der Waals surface area contributed by atoms with E-state index in [-0.39, 0.29) is 23.9 Å². The summed E-state index contributed by atoms with van der Waals surface area (Å²) in [6, 6.07) is 4.68. The van der Waals surface area contributed by atoms with Crippen molar-refractivity contribution in [3.63, 3.8) is 0 Å². The molecule has 2 fully saturated rings. The smallest absolute Gasteiger partial charge is 0.223 e. The molecule has 0 bridgehead atoms. The van der Waals surface area contributed by atoms with Gasteiger partial charge < -0.3 is 15.8 Å². The van der Waals surface area contributed by atoms with Crippen molar-refractivity contribution in [2.45, 2.75) is 31.3 Å². The minimum Gasteiger partial charge on any atom is -0.379 e. The Morgan fingerprint density at radius 2 is 2.27 bits per heavy atom. The Kier molecular flexibility index (Phi) is 5.46. The largest absolute Gasteiger partial charge is 0.379 e. The Bertz CT molecular complexity index is 474. The maximum absolute atomic E-state index is 12.3. The third kappa shape index (κ3) is 3.87. The number of thiophene rings is 1. The second-order valence-corrected chi connectivity index (χ2v) is 7.17. The topological polar surface area (TPSA) is 67.6 Å². The molecule has 1 aliphatic carbocycles. The van der Waals surface area contributed by atoms with Gasteiger partial charge in [0.25, 0.3) is 0 Å². The lowest BCUT2D eigenvalue weighted by Crippen LogP contribution is -2.44. The number of amides is 1. The first-order chi connectivity index (χ1) is 10.7. The number of hydrogen-bond acceptors (Lipinski definition) is 5. The Balaban J connectivity index is 1.59. The highest BCUT2D eigenvalue weighted by Crippen LogP contribution is 2.27. The number of morpholine rings is 1.